The van der Waals surface area contributed by atoms with Crippen LogP contribution in [-0.2, 0) is 31.6 Å². The highest BCUT2D eigenvalue weighted by molar-refractivity contribution is 5.51. The van der Waals surface area contributed by atoms with Crippen molar-refractivity contribution in [3.05, 3.63) is 69.3 Å². The lowest BCUT2D eigenvalue weighted by Crippen LogP contribution is -2.26. The summed E-state index contributed by atoms with van der Waals surface area (Å²) in [5.41, 5.74) is -1.04. The Morgan fingerprint density at radius 1 is 0.763 bits per heavy atom. The van der Waals surface area contributed by atoms with Gasteiger partial charge in [-0.05, 0) is 97.4 Å². The van der Waals surface area contributed by atoms with Crippen LogP contribution in [0.4, 0.5) is 26.3 Å². The molecule has 0 radical (unpaired) electrons. The van der Waals surface area contributed by atoms with E-state index in [1.807, 2.05) is 24.3 Å². The minimum Gasteiger partial charge on any atom is -0.166 e. The van der Waals surface area contributed by atoms with E-state index in [2.05, 4.69) is 20.8 Å². The van der Waals surface area contributed by atoms with Crippen LogP contribution in [-0.4, -0.2) is 0 Å². The van der Waals surface area contributed by atoms with Gasteiger partial charge in [-0.3, -0.25) is 0 Å². The van der Waals surface area contributed by atoms with E-state index in [0.717, 1.165) is 56.1 Å². The smallest absolute Gasteiger partial charge is 0.166 e. The first-order valence-corrected chi connectivity index (χ1v) is 14.2. The molecule has 0 bridgehead atoms. The largest absolute Gasteiger partial charge is 0.417 e. The summed E-state index contributed by atoms with van der Waals surface area (Å²) in [5, 5.41) is 0. The van der Waals surface area contributed by atoms with Crippen molar-refractivity contribution in [3.8, 4) is 0 Å². The van der Waals surface area contributed by atoms with Gasteiger partial charge in [0.05, 0.1) is 11.1 Å². The van der Waals surface area contributed by atoms with Crippen molar-refractivity contribution in [2.24, 2.45) is 11.8 Å². The fourth-order valence-electron chi connectivity index (χ4n) is 6.34. The molecular formula is C32H42F6. The molecule has 1 aliphatic carbocycles. The average Bonchev–Trinajstić information content (AvgIpc) is 2.85. The zero-order valence-electron chi connectivity index (χ0n) is 23.2. The summed E-state index contributed by atoms with van der Waals surface area (Å²) in [6.45, 7) is 7.93. The Kier molecular flexibility index (Phi) is 10.4. The Balaban J connectivity index is 1.94. The molecule has 6 heteroatoms. The molecule has 1 atom stereocenters. The second-order valence-corrected chi connectivity index (χ2v) is 11.3. The minimum absolute atomic E-state index is 0.0845. The second kappa shape index (κ2) is 12.9. The molecule has 0 aromatic heterocycles. The molecule has 0 amide bonds. The molecule has 0 N–H and O–H groups in total. The van der Waals surface area contributed by atoms with Gasteiger partial charge in [-0.2, -0.15) is 26.3 Å². The monoisotopic (exact) mass is 540 g/mol. The molecule has 2 aromatic rings. The first-order valence-electron chi connectivity index (χ1n) is 14.2. The van der Waals surface area contributed by atoms with Gasteiger partial charge in [-0.15, -0.1) is 0 Å². The lowest BCUT2D eigenvalue weighted by atomic mass is 9.71. The van der Waals surface area contributed by atoms with Crippen LogP contribution in [0.1, 0.15) is 117 Å². The quantitative estimate of drug-likeness (QED) is 0.263. The standard InChI is InChI=1S/C32H42F6/c1-5-7-9-21(3)25-15-17-26(18-16-25)28-20-22(4)27(29(31(33,34)35)30(28)32(36,37)38)19-14-24-12-10-23(8-6-2)11-13-24/h10-13,20-21,25-26H,5-9,14-19H2,1-4H3/t21-,25?,26?/m1/s1. The van der Waals surface area contributed by atoms with Crippen LogP contribution in [0.25, 0.3) is 0 Å². The van der Waals surface area contributed by atoms with Gasteiger partial charge in [0.25, 0.3) is 0 Å². The summed E-state index contributed by atoms with van der Waals surface area (Å²) in [5.74, 6) is 0.420. The van der Waals surface area contributed by atoms with Crippen LogP contribution >= 0.6 is 0 Å². The molecule has 212 valence electrons. The van der Waals surface area contributed by atoms with Crippen LogP contribution in [0, 0.1) is 18.8 Å². The maximum absolute atomic E-state index is 14.4. The number of aryl methyl sites for hydroxylation is 3. The molecule has 0 unspecified atom stereocenters. The third-order valence-corrected chi connectivity index (χ3v) is 8.51. The van der Waals surface area contributed by atoms with E-state index in [9.17, 15) is 26.3 Å². The Morgan fingerprint density at radius 2 is 1.32 bits per heavy atom. The zero-order valence-corrected chi connectivity index (χ0v) is 23.2. The van der Waals surface area contributed by atoms with Crippen molar-refractivity contribution in [1.29, 1.82) is 0 Å². The SMILES string of the molecule is CCCC[C@@H](C)C1CCC(c2cc(C)c(CCc3ccc(CCC)cc3)c(C(F)(F)F)c2C(F)(F)F)CC1. The normalized spacial score (nSPS) is 19.5. The fourth-order valence-corrected chi connectivity index (χ4v) is 6.34. The average molecular weight is 541 g/mol. The highest BCUT2D eigenvalue weighted by Crippen LogP contribution is 2.50. The van der Waals surface area contributed by atoms with Crippen LogP contribution in [0.3, 0.4) is 0 Å². The van der Waals surface area contributed by atoms with Crippen molar-refractivity contribution in [3.63, 3.8) is 0 Å². The summed E-state index contributed by atoms with van der Waals surface area (Å²) in [4.78, 5) is 0. The molecule has 38 heavy (non-hydrogen) atoms. The number of benzene rings is 2. The van der Waals surface area contributed by atoms with Crippen LogP contribution in [0.5, 0.6) is 0 Å². The van der Waals surface area contributed by atoms with Crippen molar-refractivity contribution < 1.29 is 26.3 Å². The fraction of sp³-hybridized carbons (Fsp3) is 0.625. The number of alkyl halides is 6. The molecule has 0 heterocycles. The summed E-state index contributed by atoms with van der Waals surface area (Å²) in [6, 6.07) is 9.04. The summed E-state index contributed by atoms with van der Waals surface area (Å²) in [7, 11) is 0. The number of rotatable bonds is 10. The first kappa shape index (κ1) is 30.6. The van der Waals surface area contributed by atoms with Crippen LogP contribution in [0.2, 0.25) is 0 Å². The zero-order chi connectivity index (χ0) is 28.1. The maximum atomic E-state index is 14.4. The predicted octanol–water partition coefficient (Wildman–Crippen LogP) is 10.9. The molecule has 1 aliphatic rings. The van der Waals surface area contributed by atoms with E-state index >= 15 is 0 Å². The maximum Gasteiger partial charge on any atom is 0.417 e. The van der Waals surface area contributed by atoms with Crippen molar-refractivity contribution in [1.82, 2.24) is 0 Å². The molecule has 0 aliphatic heterocycles. The number of hydrogen-bond donors (Lipinski definition) is 0. The predicted molar refractivity (Wildman–Crippen MR) is 142 cm³/mol. The van der Waals surface area contributed by atoms with Gasteiger partial charge in [0.1, 0.15) is 0 Å². The molecule has 0 spiro atoms. The molecule has 0 saturated heterocycles. The van der Waals surface area contributed by atoms with E-state index in [1.54, 1.807) is 0 Å². The highest BCUT2D eigenvalue weighted by atomic mass is 19.4. The summed E-state index contributed by atoms with van der Waals surface area (Å²) in [6.07, 6.45) is -2.23. The van der Waals surface area contributed by atoms with Gasteiger partial charge < -0.3 is 0 Å². The van der Waals surface area contributed by atoms with Gasteiger partial charge in [0, 0.05) is 0 Å². The Labute approximate surface area is 224 Å². The number of hydrogen-bond acceptors (Lipinski definition) is 0. The Hall–Kier alpha value is -1.98. The second-order valence-electron chi connectivity index (χ2n) is 11.3. The Bertz CT molecular complexity index is 1020. The lowest BCUT2D eigenvalue weighted by Gasteiger charge is -2.35. The molecule has 1 saturated carbocycles. The van der Waals surface area contributed by atoms with Gasteiger partial charge >= 0.3 is 12.4 Å². The van der Waals surface area contributed by atoms with E-state index in [4.69, 9.17) is 0 Å². The van der Waals surface area contributed by atoms with E-state index < -0.39 is 29.4 Å². The number of unbranched alkanes of at least 4 members (excludes halogenated alkanes) is 1. The van der Waals surface area contributed by atoms with Gasteiger partial charge in [-0.25, -0.2) is 0 Å². The molecular weight excluding hydrogens is 498 g/mol. The molecule has 0 nitrogen and oxygen atoms in total. The molecule has 3 rings (SSSR count). The van der Waals surface area contributed by atoms with Crippen LogP contribution in [0.15, 0.2) is 30.3 Å². The summed E-state index contributed by atoms with van der Waals surface area (Å²) < 4.78 is 86.5. The highest BCUT2D eigenvalue weighted by Gasteiger charge is 2.48. The van der Waals surface area contributed by atoms with Crippen molar-refractivity contribution in [2.45, 2.75) is 117 Å². The van der Waals surface area contributed by atoms with E-state index in [0.29, 0.717) is 30.2 Å². The van der Waals surface area contributed by atoms with E-state index in [-0.39, 0.29) is 24.0 Å². The Morgan fingerprint density at radius 3 is 1.82 bits per heavy atom. The molecule has 2 aromatic carbocycles. The van der Waals surface area contributed by atoms with Crippen LogP contribution < -0.4 is 0 Å². The summed E-state index contributed by atoms with van der Waals surface area (Å²) >= 11 is 0. The third-order valence-electron chi connectivity index (χ3n) is 8.51. The third kappa shape index (κ3) is 7.57. The van der Waals surface area contributed by atoms with Crippen molar-refractivity contribution in [2.75, 3.05) is 0 Å². The molecule has 1 fully saturated rings. The topological polar surface area (TPSA) is 0 Å². The van der Waals surface area contributed by atoms with E-state index in [1.165, 1.54) is 13.0 Å². The number of halogens is 6. The van der Waals surface area contributed by atoms with Gasteiger partial charge in [0.15, 0.2) is 0 Å². The minimum atomic E-state index is -5.09. The van der Waals surface area contributed by atoms with Gasteiger partial charge in [-0.1, -0.05) is 76.8 Å². The first-order chi connectivity index (χ1) is 17.9. The van der Waals surface area contributed by atoms with Gasteiger partial charge in [0.2, 0.25) is 0 Å². The van der Waals surface area contributed by atoms with Crippen molar-refractivity contribution >= 4 is 0 Å². The lowest BCUT2D eigenvalue weighted by molar-refractivity contribution is -0.163.